The molecule has 7 nitrogen and oxygen atoms in total. The SMILES string of the molecule is CCc1ccc(NC(=O)CSc2nnc(CC(=O)Nc3cccc(C(F)(F)F)c3)n2CC)cc1. The fourth-order valence-electron chi connectivity index (χ4n) is 3.15. The largest absolute Gasteiger partial charge is 0.416 e. The predicted molar refractivity (Wildman–Crippen MR) is 125 cm³/mol. The van der Waals surface area contributed by atoms with Gasteiger partial charge in [-0.25, -0.2) is 0 Å². The van der Waals surface area contributed by atoms with Crippen molar-refractivity contribution in [2.45, 2.75) is 44.6 Å². The molecule has 1 heterocycles. The number of nitrogens with zero attached hydrogens (tertiary/aromatic N) is 3. The number of aromatic nitrogens is 3. The molecule has 0 spiro atoms. The third-order valence-corrected chi connectivity index (χ3v) is 5.85. The highest BCUT2D eigenvalue weighted by molar-refractivity contribution is 7.99. The average molecular weight is 492 g/mol. The Balaban J connectivity index is 1.58. The number of alkyl halides is 3. The van der Waals surface area contributed by atoms with Crippen molar-refractivity contribution in [2.75, 3.05) is 16.4 Å². The van der Waals surface area contributed by atoms with E-state index >= 15 is 0 Å². The van der Waals surface area contributed by atoms with E-state index in [1.807, 2.05) is 31.2 Å². The van der Waals surface area contributed by atoms with Gasteiger partial charge in [-0.05, 0) is 49.2 Å². The number of nitrogens with one attached hydrogen (secondary N) is 2. The van der Waals surface area contributed by atoms with Crippen molar-refractivity contribution >= 4 is 35.0 Å². The van der Waals surface area contributed by atoms with Crippen LogP contribution < -0.4 is 10.6 Å². The van der Waals surface area contributed by atoms with Crippen LogP contribution in [0.15, 0.2) is 53.7 Å². The van der Waals surface area contributed by atoms with Gasteiger partial charge >= 0.3 is 6.18 Å². The maximum absolute atomic E-state index is 12.9. The Bertz CT molecular complexity index is 1150. The quantitative estimate of drug-likeness (QED) is 0.420. The first kappa shape index (κ1) is 25.3. The second-order valence-electron chi connectivity index (χ2n) is 7.33. The van der Waals surface area contributed by atoms with Crippen LogP contribution in [0.1, 0.15) is 30.8 Å². The number of aryl methyl sites for hydroxylation is 1. The molecule has 0 saturated heterocycles. The maximum atomic E-state index is 12.9. The highest BCUT2D eigenvalue weighted by Gasteiger charge is 2.30. The molecule has 0 unspecified atom stereocenters. The third-order valence-electron chi connectivity index (χ3n) is 4.88. The molecule has 2 amide bonds. The van der Waals surface area contributed by atoms with Crippen LogP contribution >= 0.6 is 11.8 Å². The first-order chi connectivity index (χ1) is 16.2. The van der Waals surface area contributed by atoms with Crippen LogP contribution in [0.2, 0.25) is 0 Å². The molecule has 0 aliphatic rings. The predicted octanol–water partition coefficient (Wildman–Crippen LogP) is 4.79. The Morgan fingerprint density at radius 1 is 0.971 bits per heavy atom. The first-order valence-electron chi connectivity index (χ1n) is 10.6. The second-order valence-corrected chi connectivity index (χ2v) is 8.28. The van der Waals surface area contributed by atoms with Crippen LogP contribution in [0.25, 0.3) is 0 Å². The van der Waals surface area contributed by atoms with E-state index in [1.54, 1.807) is 4.57 Å². The van der Waals surface area contributed by atoms with Gasteiger partial charge < -0.3 is 15.2 Å². The third kappa shape index (κ3) is 6.83. The van der Waals surface area contributed by atoms with Crippen LogP contribution in [0, 0.1) is 0 Å². The summed E-state index contributed by atoms with van der Waals surface area (Å²) >= 11 is 1.18. The van der Waals surface area contributed by atoms with E-state index in [9.17, 15) is 22.8 Å². The fraction of sp³-hybridized carbons (Fsp3) is 0.304. The lowest BCUT2D eigenvalue weighted by Gasteiger charge is -2.10. The molecule has 0 aliphatic heterocycles. The van der Waals surface area contributed by atoms with Crippen molar-refractivity contribution in [3.63, 3.8) is 0 Å². The van der Waals surface area contributed by atoms with Crippen molar-refractivity contribution in [3.8, 4) is 0 Å². The summed E-state index contributed by atoms with van der Waals surface area (Å²) in [7, 11) is 0. The van der Waals surface area contributed by atoms with E-state index in [0.717, 1.165) is 18.6 Å². The van der Waals surface area contributed by atoms with Crippen molar-refractivity contribution in [2.24, 2.45) is 0 Å². The van der Waals surface area contributed by atoms with Gasteiger partial charge in [0.15, 0.2) is 5.16 Å². The smallest absolute Gasteiger partial charge is 0.326 e. The number of hydrogen-bond acceptors (Lipinski definition) is 5. The van der Waals surface area contributed by atoms with Gasteiger partial charge in [-0.2, -0.15) is 13.2 Å². The Labute approximate surface area is 199 Å². The molecule has 34 heavy (non-hydrogen) atoms. The Kier molecular flexibility index (Phi) is 8.32. The van der Waals surface area contributed by atoms with E-state index in [1.165, 1.54) is 29.5 Å². The van der Waals surface area contributed by atoms with Gasteiger partial charge in [-0.3, -0.25) is 9.59 Å². The molecule has 2 aromatic carbocycles. The minimum absolute atomic E-state index is 0.0422. The molecule has 180 valence electrons. The minimum atomic E-state index is -4.50. The summed E-state index contributed by atoms with van der Waals surface area (Å²) in [5.74, 6) is -0.274. The molecule has 1 aromatic heterocycles. The summed E-state index contributed by atoms with van der Waals surface area (Å²) in [6.07, 6.45) is -3.76. The average Bonchev–Trinajstić information content (AvgIpc) is 3.19. The van der Waals surface area contributed by atoms with E-state index < -0.39 is 17.6 Å². The summed E-state index contributed by atoms with van der Waals surface area (Å²) in [4.78, 5) is 24.7. The number of halogens is 3. The highest BCUT2D eigenvalue weighted by Crippen LogP contribution is 2.30. The standard InChI is InChI=1S/C23H24F3N5O2S/c1-3-15-8-10-17(11-9-15)27-21(33)14-34-22-30-29-19(31(22)4-2)13-20(32)28-18-7-5-6-16(12-18)23(24,25)26/h5-12H,3-4,13-14H2,1-2H3,(H,27,33)(H,28,32). The normalized spacial score (nSPS) is 11.3. The first-order valence-corrected chi connectivity index (χ1v) is 11.6. The van der Waals surface area contributed by atoms with Crippen molar-refractivity contribution in [1.82, 2.24) is 14.8 Å². The van der Waals surface area contributed by atoms with Gasteiger partial charge in [-0.1, -0.05) is 36.9 Å². The topological polar surface area (TPSA) is 88.9 Å². The molecule has 0 saturated carbocycles. The molecule has 0 fully saturated rings. The Morgan fingerprint density at radius 2 is 1.68 bits per heavy atom. The van der Waals surface area contributed by atoms with Gasteiger partial charge in [0.2, 0.25) is 11.8 Å². The Morgan fingerprint density at radius 3 is 2.32 bits per heavy atom. The number of benzene rings is 2. The van der Waals surface area contributed by atoms with E-state index in [0.29, 0.717) is 23.2 Å². The number of hydrogen-bond donors (Lipinski definition) is 2. The molecule has 0 bridgehead atoms. The molecule has 0 aliphatic carbocycles. The van der Waals surface area contributed by atoms with E-state index in [4.69, 9.17) is 0 Å². The lowest BCUT2D eigenvalue weighted by molar-refractivity contribution is -0.137. The van der Waals surface area contributed by atoms with Crippen molar-refractivity contribution in [1.29, 1.82) is 0 Å². The van der Waals surface area contributed by atoms with E-state index in [-0.39, 0.29) is 23.8 Å². The number of thioether (sulfide) groups is 1. The lowest BCUT2D eigenvalue weighted by Crippen LogP contribution is -2.18. The van der Waals surface area contributed by atoms with Gasteiger partial charge in [0, 0.05) is 17.9 Å². The summed E-state index contributed by atoms with van der Waals surface area (Å²) in [6, 6.07) is 12.0. The zero-order valence-electron chi connectivity index (χ0n) is 18.6. The number of anilines is 2. The van der Waals surface area contributed by atoms with Crippen LogP contribution in [0.4, 0.5) is 24.5 Å². The van der Waals surface area contributed by atoms with Crippen LogP contribution in [-0.2, 0) is 35.2 Å². The summed E-state index contributed by atoms with van der Waals surface area (Å²) in [6.45, 7) is 4.36. The maximum Gasteiger partial charge on any atom is 0.416 e. The van der Waals surface area contributed by atoms with Crippen molar-refractivity contribution in [3.05, 3.63) is 65.5 Å². The minimum Gasteiger partial charge on any atom is -0.326 e. The van der Waals surface area contributed by atoms with Crippen LogP contribution in [-0.4, -0.2) is 32.3 Å². The zero-order chi connectivity index (χ0) is 24.7. The van der Waals surface area contributed by atoms with Gasteiger partial charge in [0.05, 0.1) is 17.7 Å². The molecule has 3 rings (SSSR count). The van der Waals surface area contributed by atoms with E-state index in [2.05, 4.69) is 27.8 Å². The molecular formula is C23H24F3N5O2S. The lowest BCUT2D eigenvalue weighted by atomic mass is 10.1. The molecule has 2 N–H and O–H groups in total. The molecule has 0 atom stereocenters. The molecule has 11 heteroatoms. The highest BCUT2D eigenvalue weighted by atomic mass is 32.2. The fourth-order valence-corrected chi connectivity index (χ4v) is 3.97. The molecule has 3 aromatic rings. The monoisotopic (exact) mass is 491 g/mol. The van der Waals surface area contributed by atoms with Crippen molar-refractivity contribution < 1.29 is 22.8 Å². The summed E-state index contributed by atoms with van der Waals surface area (Å²) < 4.78 is 40.3. The number of carbonyl (C=O) groups excluding carboxylic acids is 2. The van der Waals surface area contributed by atoms with Gasteiger partial charge in [-0.15, -0.1) is 10.2 Å². The second kappa shape index (κ2) is 11.2. The zero-order valence-corrected chi connectivity index (χ0v) is 19.5. The number of rotatable bonds is 9. The number of carbonyl (C=O) groups is 2. The molecular weight excluding hydrogens is 467 g/mol. The Hall–Kier alpha value is -3.34. The van der Waals surface area contributed by atoms with Crippen LogP contribution in [0.5, 0.6) is 0 Å². The summed E-state index contributed by atoms with van der Waals surface area (Å²) in [5, 5.41) is 13.8. The summed E-state index contributed by atoms with van der Waals surface area (Å²) in [5.41, 5.74) is 1.07. The van der Waals surface area contributed by atoms with Crippen LogP contribution in [0.3, 0.4) is 0 Å². The number of amides is 2. The van der Waals surface area contributed by atoms with Gasteiger partial charge in [0.25, 0.3) is 0 Å². The molecule has 0 radical (unpaired) electrons. The van der Waals surface area contributed by atoms with Gasteiger partial charge in [0.1, 0.15) is 5.82 Å².